The molecule has 0 radical (unpaired) electrons. The molecule has 21 heavy (non-hydrogen) atoms. The fraction of sp³-hybridized carbons (Fsp3) is 0.455. The van der Waals surface area contributed by atoms with Crippen LogP contribution in [0.4, 0.5) is 11.9 Å². The third-order valence-electron chi connectivity index (χ3n) is 3.03. The predicted octanol–water partition coefficient (Wildman–Crippen LogP) is -0.125. The first-order chi connectivity index (χ1) is 9.69. The van der Waals surface area contributed by atoms with Gasteiger partial charge in [-0.05, 0) is 19.9 Å². The van der Waals surface area contributed by atoms with Gasteiger partial charge in [0.25, 0.3) is 5.95 Å². The largest absolute Gasteiger partial charge is 0.368 e. The Kier molecular flexibility index (Phi) is 3.81. The third-order valence-corrected chi connectivity index (χ3v) is 5.18. The minimum Gasteiger partial charge on any atom is -0.368 e. The second-order valence-corrected chi connectivity index (χ2v) is 7.80. The Bertz CT molecular complexity index is 725. The summed E-state index contributed by atoms with van der Waals surface area (Å²) in [6.45, 7) is 3.39. The number of nitrogens with one attached hydrogen (secondary N) is 1. The van der Waals surface area contributed by atoms with Gasteiger partial charge in [0.1, 0.15) is 0 Å². The molecular weight excluding hydrogens is 294 g/mol. The Balaban J connectivity index is 2.22. The van der Waals surface area contributed by atoms with Gasteiger partial charge in [0.2, 0.25) is 11.9 Å². The first-order valence-corrected chi connectivity index (χ1v) is 8.03. The van der Waals surface area contributed by atoms with Crippen molar-refractivity contribution >= 4 is 21.7 Å². The number of aromatic nitrogens is 5. The highest BCUT2D eigenvalue weighted by molar-refractivity contribution is 7.92. The quantitative estimate of drug-likeness (QED) is 0.781. The fourth-order valence-electron chi connectivity index (χ4n) is 1.37. The van der Waals surface area contributed by atoms with Crippen LogP contribution in [-0.2, 0) is 9.84 Å². The van der Waals surface area contributed by atoms with E-state index in [0.717, 1.165) is 0 Å². The van der Waals surface area contributed by atoms with Gasteiger partial charge < -0.3 is 11.1 Å². The number of anilines is 2. The maximum absolute atomic E-state index is 11.7. The van der Waals surface area contributed by atoms with Crippen molar-refractivity contribution in [1.82, 2.24) is 24.7 Å². The lowest BCUT2D eigenvalue weighted by molar-refractivity contribution is 0.559. The Morgan fingerprint density at radius 3 is 2.62 bits per heavy atom. The summed E-state index contributed by atoms with van der Waals surface area (Å²) in [4.78, 5) is 12.1. The molecule has 0 atom stereocenters. The van der Waals surface area contributed by atoms with Crippen LogP contribution >= 0.6 is 0 Å². The van der Waals surface area contributed by atoms with Crippen molar-refractivity contribution in [2.75, 3.05) is 23.9 Å². The van der Waals surface area contributed by atoms with Crippen molar-refractivity contribution < 1.29 is 8.42 Å². The zero-order valence-electron chi connectivity index (χ0n) is 12.0. The molecule has 114 valence electrons. The molecule has 0 aliphatic rings. The molecule has 0 fully saturated rings. The van der Waals surface area contributed by atoms with Gasteiger partial charge in [-0.1, -0.05) is 0 Å². The van der Waals surface area contributed by atoms with E-state index in [0.29, 0.717) is 0 Å². The number of sulfone groups is 1. The Morgan fingerprint density at radius 2 is 2.05 bits per heavy atom. The van der Waals surface area contributed by atoms with Crippen LogP contribution in [-0.4, -0.2) is 50.7 Å². The number of nitrogens with two attached hydrogens (primary N) is 1. The first kappa shape index (κ1) is 15.2. The number of rotatable bonds is 5. The van der Waals surface area contributed by atoms with Crippen LogP contribution in [0.25, 0.3) is 5.95 Å². The van der Waals surface area contributed by atoms with Gasteiger partial charge in [0.15, 0.2) is 9.84 Å². The van der Waals surface area contributed by atoms with Crippen molar-refractivity contribution in [1.29, 1.82) is 0 Å². The van der Waals surface area contributed by atoms with Crippen molar-refractivity contribution in [3.8, 4) is 5.95 Å². The molecule has 2 heterocycles. The summed E-state index contributed by atoms with van der Waals surface area (Å²) in [5.74, 6) is 0.479. The second-order valence-electron chi connectivity index (χ2n) is 5.15. The van der Waals surface area contributed by atoms with Crippen molar-refractivity contribution in [2.24, 2.45) is 0 Å². The monoisotopic (exact) mass is 311 g/mol. The summed E-state index contributed by atoms with van der Waals surface area (Å²) >= 11 is 0. The lowest BCUT2D eigenvalue weighted by Crippen LogP contribution is -2.38. The van der Waals surface area contributed by atoms with Gasteiger partial charge in [0.05, 0.1) is 4.75 Å². The van der Waals surface area contributed by atoms with Crippen LogP contribution in [0, 0.1) is 0 Å². The van der Waals surface area contributed by atoms with Crippen LogP contribution in [0.5, 0.6) is 0 Å². The molecular formula is C11H17N7O2S. The van der Waals surface area contributed by atoms with Crippen LogP contribution in [0.2, 0.25) is 0 Å². The molecule has 0 amide bonds. The topological polar surface area (TPSA) is 129 Å². The molecule has 0 aliphatic carbocycles. The van der Waals surface area contributed by atoms with E-state index in [1.807, 2.05) is 0 Å². The molecule has 9 nitrogen and oxygen atoms in total. The van der Waals surface area contributed by atoms with E-state index >= 15 is 0 Å². The Labute approximate surface area is 122 Å². The normalized spacial score (nSPS) is 12.3. The van der Waals surface area contributed by atoms with Crippen LogP contribution in [0.15, 0.2) is 18.5 Å². The van der Waals surface area contributed by atoms with E-state index in [9.17, 15) is 8.42 Å². The lowest BCUT2D eigenvalue weighted by Gasteiger charge is -2.22. The Morgan fingerprint density at radius 1 is 1.33 bits per heavy atom. The van der Waals surface area contributed by atoms with Crippen molar-refractivity contribution in [3.63, 3.8) is 0 Å². The van der Waals surface area contributed by atoms with Gasteiger partial charge in [-0.15, -0.1) is 0 Å². The van der Waals surface area contributed by atoms with Gasteiger partial charge >= 0.3 is 0 Å². The van der Waals surface area contributed by atoms with E-state index in [-0.39, 0.29) is 24.4 Å². The minimum absolute atomic E-state index is 0.0233. The third kappa shape index (κ3) is 3.45. The molecule has 3 N–H and O–H groups in total. The summed E-state index contributed by atoms with van der Waals surface area (Å²) in [6.07, 6.45) is 4.43. The highest BCUT2D eigenvalue weighted by Crippen LogP contribution is 2.16. The Hall–Kier alpha value is -2.23. The maximum atomic E-state index is 11.7. The molecule has 0 aliphatic heterocycles. The van der Waals surface area contributed by atoms with Gasteiger partial charge in [0, 0.05) is 25.2 Å². The molecule has 0 saturated carbocycles. The summed E-state index contributed by atoms with van der Waals surface area (Å²) in [6, 6.07) is 1.72. The van der Waals surface area contributed by atoms with Crippen LogP contribution in [0.3, 0.4) is 0 Å². The number of nitrogen functional groups attached to an aromatic ring is 1. The molecule has 0 bridgehead atoms. The van der Waals surface area contributed by atoms with E-state index in [4.69, 9.17) is 5.73 Å². The molecule has 0 aromatic carbocycles. The summed E-state index contributed by atoms with van der Waals surface area (Å²) in [7, 11) is -3.22. The van der Waals surface area contributed by atoms with E-state index < -0.39 is 14.6 Å². The maximum Gasteiger partial charge on any atom is 0.257 e. The van der Waals surface area contributed by atoms with Crippen molar-refractivity contribution in [3.05, 3.63) is 18.5 Å². The first-order valence-electron chi connectivity index (χ1n) is 6.14. The van der Waals surface area contributed by atoms with Gasteiger partial charge in [-0.3, -0.25) is 0 Å². The zero-order valence-corrected chi connectivity index (χ0v) is 12.8. The molecule has 10 heteroatoms. The highest BCUT2D eigenvalue weighted by atomic mass is 32.2. The van der Waals surface area contributed by atoms with Crippen molar-refractivity contribution in [2.45, 2.75) is 18.6 Å². The van der Waals surface area contributed by atoms with E-state index in [1.165, 1.54) is 10.9 Å². The summed E-state index contributed by atoms with van der Waals surface area (Å²) in [5, 5.41) is 6.87. The van der Waals surface area contributed by atoms with E-state index in [2.05, 4.69) is 25.4 Å². The molecule has 2 aromatic heterocycles. The minimum atomic E-state index is -3.22. The second kappa shape index (κ2) is 5.28. The number of hydrogen-bond acceptors (Lipinski definition) is 8. The number of nitrogens with zero attached hydrogens (tertiary/aromatic N) is 5. The molecule has 2 aromatic rings. The lowest BCUT2D eigenvalue weighted by atomic mass is 10.2. The molecule has 0 unspecified atom stereocenters. The summed E-state index contributed by atoms with van der Waals surface area (Å²) in [5.41, 5.74) is 5.63. The average molecular weight is 311 g/mol. The predicted molar refractivity (Wildman–Crippen MR) is 78.8 cm³/mol. The summed E-state index contributed by atoms with van der Waals surface area (Å²) < 4.78 is 23.8. The smallest absolute Gasteiger partial charge is 0.257 e. The van der Waals surface area contributed by atoms with Crippen LogP contribution < -0.4 is 11.1 Å². The average Bonchev–Trinajstić information content (AvgIpc) is 2.88. The van der Waals surface area contributed by atoms with Gasteiger partial charge in [-0.25, -0.2) is 13.1 Å². The SMILES string of the molecule is CC(C)(CNc1nc(N)nc(-n2cccn2)n1)S(C)(=O)=O. The molecule has 2 rings (SSSR count). The fourth-order valence-corrected chi connectivity index (χ4v) is 1.71. The van der Waals surface area contributed by atoms with Crippen LogP contribution in [0.1, 0.15) is 13.8 Å². The highest BCUT2D eigenvalue weighted by Gasteiger charge is 2.30. The molecule has 0 saturated heterocycles. The number of hydrogen-bond donors (Lipinski definition) is 2. The standard InChI is InChI=1S/C11H17N7O2S/c1-11(2,21(3,19)20)7-13-9-15-8(12)16-10(17-9)18-6-4-5-14-18/h4-6H,7H2,1-3H3,(H3,12,13,15,16,17). The zero-order chi connectivity index (χ0) is 15.7. The van der Waals surface area contributed by atoms with E-state index in [1.54, 1.807) is 32.3 Å². The van der Waals surface area contributed by atoms with Gasteiger partial charge in [-0.2, -0.15) is 20.1 Å². The molecule has 0 spiro atoms.